The van der Waals surface area contributed by atoms with Crippen LogP contribution >= 0.6 is 0 Å². The van der Waals surface area contributed by atoms with Gasteiger partial charge < -0.3 is 0 Å². The second kappa shape index (κ2) is 5.30. The van der Waals surface area contributed by atoms with Crippen molar-refractivity contribution < 1.29 is 31.1 Å². The van der Waals surface area contributed by atoms with Crippen LogP contribution in [0.2, 0.25) is 0 Å². The lowest BCUT2D eigenvalue weighted by atomic mass is 9.77. The van der Waals surface area contributed by atoms with Crippen molar-refractivity contribution in [3.05, 3.63) is 59.7 Å². The van der Waals surface area contributed by atoms with E-state index in [1.54, 1.807) is 18.2 Å². The highest BCUT2D eigenvalue weighted by molar-refractivity contribution is 6.10. The van der Waals surface area contributed by atoms with Gasteiger partial charge in [0.15, 0.2) is 11.2 Å². The van der Waals surface area contributed by atoms with E-state index >= 15 is 0 Å². The number of allylic oxidation sites excluding steroid dienone is 4. The Balaban J connectivity index is 2.33. The van der Waals surface area contributed by atoms with E-state index in [-0.39, 0.29) is 17.2 Å². The monoisotopic (exact) mass is 320 g/mol. The SMILES string of the molecule is O=C(C1=CCC(C(F)(F)F)(C(F)(F)F)C=C1)c1ccccc1. The van der Waals surface area contributed by atoms with Gasteiger partial charge in [0.25, 0.3) is 0 Å². The number of rotatable bonds is 2. The Morgan fingerprint density at radius 1 is 0.955 bits per heavy atom. The number of ketones is 1. The highest BCUT2D eigenvalue weighted by Crippen LogP contribution is 2.55. The zero-order chi connectivity index (χ0) is 16.6. The second-order valence-corrected chi connectivity index (χ2v) is 4.86. The molecule has 1 aromatic carbocycles. The number of carbonyl (C=O) groups is 1. The summed E-state index contributed by atoms with van der Waals surface area (Å²) in [4.78, 5) is 12.0. The van der Waals surface area contributed by atoms with Gasteiger partial charge in [-0.2, -0.15) is 26.3 Å². The van der Waals surface area contributed by atoms with E-state index in [0.717, 1.165) is 0 Å². The fourth-order valence-electron chi connectivity index (χ4n) is 2.14. The van der Waals surface area contributed by atoms with Crippen molar-refractivity contribution in [1.29, 1.82) is 0 Å². The van der Waals surface area contributed by atoms with Crippen LogP contribution in [-0.2, 0) is 0 Å². The van der Waals surface area contributed by atoms with Crippen LogP contribution in [0.4, 0.5) is 26.3 Å². The predicted octanol–water partition coefficient (Wildman–Crippen LogP) is 4.87. The minimum Gasteiger partial charge on any atom is -0.289 e. The van der Waals surface area contributed by atoms with Crippen LogP contribution in [0.3, 0.4) is 0 Å². The van der Waals surface area contributed by atoms with Crippen molar-refractivity contribution in [2.75, 3.05) is 0 Å². The first-order chi connectivity index (χ1) is 10.1. The quantitative estimate of drug-likeness (QED) is 0.561. The van der Waals surface area contributed by atoms with Crippen LogP contribution in [-0.4, -0.2) is 18.1 Å². The average Bonchev–Trinajstić information content (AvgIpc) is 2.45. The normalized spacial score (nSPS) is 18.0. The van der Waals surface area contributed by atoms with Crippen LogP contribution in [0.5, 0.6) is 0 Å². The summed E-state index contributed by atoms with van der Waals surface area (Å²) in [7, 11) is 0. The third-order valence-corrected chi connectivity index (χ3v) is 3.50. The molecule has 0 radical (unpaired) electrons. The molecule has 1 aliphatic rings. The molecule has 0 heterocycles. The molecule has 1 aromatic rings. The summed E-state index contributed by atoms with van der Waals surface area (Å²) in [5, 5.41) is 0. The molecule has 7 heteroatoms. The Bertz CT molecular complexity index is 608. The summed E-state index contributed by atoms with van der Waals surface area (Å²) in [6.07, 6.45) is -11.0. The van der Waals surface area contributed by atoms with Gasteiger partial charge in [0.05, 0.1) is 0 Å². The van der Waals surface area contributed by atoms with E-state index in [0.29, 0.717) is 12.2 Å². The molecule has 0 fully saturated rings. The number of Topliss-reactive ketones (excluding diaryl/α,β-unsaturated/α-hetero) is 1. The van der Waals surface area contributed by atoms with Crippen LogP contribution < -0.4 is 0 Å². The highest BCUT2D eigenvalue weighted by Gasteiger charge is 2.68. The van der Waals surface area contributed by atoms with Crippen molar-refractivity contribution >= 4 is 5.78 Å². The summed E-state index contributed by atoms with van der Waals surface area (Å²) in [5.41, 5.74) is -3.93. The Morgan fingerprint density at radius 3 is 1.91 bits per heavy atom. The van der Waals surface area contributed by atoms with Gasteiger partial charge in [-0.3, -0.25) is 4.79 Å². The van der Waals surface area contributed by atoms with Crippen molar-refractivity contribution in [3.63, 3.8) is 0 Å². The number of carbonyl (C=O) groups excluding carboxylic acids is 1. The molecule has 0 amide bonds. The van der Waals surface area contributed by atoms with Gasteiger partial charge in [0, 0.05) is 11.1 Å². The smallest absolute Gasteiger partial charge is 0.289 e. The summed E-state index contributed by atoms with van der Waals surface area (Å²) in [6.45, 7) is 0. The maximum Gasteiger partial charge on any atom is 0.406 e. The third-order valence-electron chi connectivity index (χ3n) is 3.50. The summed E-state index contributed by atoms with van der Waals surface area (Å²) >= 11 is 0. The molecule has 2 rings (SSSR count). The molecule has 1 nitrogen and oxygen atoms in total. The van der Waals surface area contributed by atoms with Crippen LogP contribution in [0, 0.1) is 5.41 Å². The zero-order valence-electron chi connectivity index (χ0n) is 11.0. The van der Waals surface area contributed by atoms with Gasteiger partial charge >= 0.3 is 12.4 Å². The molecule has 22 heavy (non-hydrogen) atoms. The van der Waals surface area contributed by atoms with E-state index in [9.17, 15) is 31.1 Å². The van der Waals surface area contributed by atoms with Gasteiger partial charge in [0.1, 0.15) is 0 Å². The molecule has 0 aromatic heterocycles. The van der Waals surface area contributed by atoms with Crippen LogP contribution in [0.15, 0.2) is 54.1 Å². The number of hydrogen-bond acceptors (Lipinski definition) is 1. The van der Waals surface area contributed by atoms with E-state index in [2.05, 4.69) is 0 Å². The summed E-state index contributed by atoms with van der Waals surface area (Å²) in [6, 6.07) is 7.62. The number of benzene rings is 1. The second-order valence-electron chi connectivity index (χ2n) is 4.86. The molecular formula is C15H10F6O. The van der Waals surface area contributed by atoms with E-state index in [1.165, 1.54) is 12.1 Å². The van der Waals surface area contributed by atoms with Crippen molar-refractivity contribution in [2.45, 2.75) is 18.8 Å². The molecule has 0 N–H and O–H groups in total. The first-order valence-electron chi connectivity index (χ1n) is 6.21. The molecule has 0 atom stereocenters. The molecule has 0 saturated carbocycles. The predicted molar refractivity (Wildman–Crippen MR) is 67.2 cm³/mol. The third kappa shape index (κ3) is 2.67. The summed E-state index contributed by atoms with van der Waals surface area (Å²) in [5.74, 6) is -0.616. The van der Waals surface area contributed by atoms with Gasteiger partial charge in [-0.15, -0.1) is 0 Å². The standard InChI is InChI=1S/C15H10F6O/c16-14(17,18)13(15(19,20)21)8-6-11(7-9-13)12(22)10-4-2-1-3-5-10/h1-8H,9H2. The summed E-state index contributed by atoms with van der Waals surface area (Å²) < 4.78 is 77.1. The molecule has 118 valence electrons. The molecule has 1 aliphatic carbocycles. The average molecular weight is 320 g/mol. The maximum absolute atomic E-state index is 12.9. The Kier molecular flexibility index (Phi) is 3.93. The Labute approximate surface area is 121 Å². The fraction of sp³-hybridized carbons (Fsp3) is 0.267. The molecule has 0 aliphatic heterocycles. The van der Waals surface area contributed by atoms with Gasteiger partial charge in [-0.25, -0.2) is 0 Å². The number of alkyl halides is 6. The van der Waals surface area contributed by atoms with Crippen LogP contribution in [0.1, 0.15) is 16.8 Å². The maximum atomic E-state index is 12.9. The largest absolute Gasteiger partial charge is 0.406 e. The topological polar surface area (TPSA) is 17.1 Å². The molecule has 0 spiro atoms. The molecule has 0 saturated heterocycles. The Hall–Kier alpha value is -2.05. The van der Waals surface area contributed by atoms with E-state index in [4.69, 9.17) is 0 Å². The minimum absolute atomic E-state index is 0.0309. The Morgan fingerprint density at radius 2 is 1.50 bits per heavy atom. The lowest BCUT2D eigenvalue weighted by Crippen LogP contribution is -2.49. The van der Waals surface area contributed by atoms with Gasteiger partial charge in [0.2, 0.25) is 0 Å². The van der Waals surface area contributed by atoms with E-state index < -0.39 is 30.0 Å². The fourth-order valence-corrected chi connectivity index (χ4v) is 2.14. The molecule has 0 bridgehead atoms. The first kappa shape index (κ1) is 16.3. The van der Waals surface area contributed by atoms with Gasteiger partial charge in [-0.05, 0) is 6.42 Å². The first-order valence-corrected chi connectivity index (χ1v) is 6.21. The molecular weight excluding hydrogens is 310 g/mol. The van der Waals surface area contributed by atoms with Crippen LogP contribution in [0.25, 0.3) is 0 Å². The highest BCUT2D eigenvalue weighted by atomic mass is 19.4. The van der Waals surface area contributed by atoms with Crippen molar-refractivity contribution in [1.82, 2.24) is 0 Å². The minimum atomic E-state index is -5.49. The number of hydrogen-bond donors (Lipinski definition) is 0. The molecule has 0 unspecified atom stereocenters. The zero-order valence-corrected chi connectivity index (χ0v) is 11.0. The lowest BCUT2D eigenvalue weighted by Gasteiger charge is -2.35. The van der Waals surface area contributed by atoms with Crippen molar-refractivity contribution in [3.8, 4) is 0 Å². The van der Waals surface area contributed by atoms with Crippen molar-refractivity contribution in [2.24, 2.45) is 5.41 Å². The number of halogens is 6. The van der Waals surface area contributed by atoms with Gasteiger partial charge in [-0.1, -0.05) is 48.6 Å². The van der Waals surface area contributed by atoms with E-state index in [1.807, 2.05) is 0 Å². The lowest BCUT2D eigenvalue weighted by molar-refractivity contribution is -0.320.